The van der Waals surface area contributed by atoms with Crippen LogP contribution in [0, 0.1) is 11.7 Å². The quantitative estimate of drug-likeness (QED) is 0.931. The molecule has 1 aromatic rings. The van der Waals surface area contributed by atoms with Crippen LogP contribution in [0.3, 0.4) is 0 Å². The van der Waals surface area contributed by atoms with E-state index < -0.39 is 12.0 Å². The number of piperidine rings is 1. The van der Waals surface area contributed by atoms with Gasteiger partial charge in [-0.2, -0.15) is 0 Å². The highest BCUT2D eigenvalue weighted by molar-refractivity contribution is 5.85. The zero-order chi connectivity index (χ0) is 16.4. The van der Waals surface area contributed by atoms with Crippen molar-refractivity contribution in [2.45, 2.75) is 50.6 Å². The van der Waals surface area contributed by atoms with Crippen LogP contribution in [0.5, 0.6) is 0 Å². The predicted molar refractivity (Wildman–Crippen MR) is 85.0 cm³/mol. The molecule has 1 N–H and O–H groups in total. The third kappa shape index (κ3) is 3.23. The molecule has 4 nitrogen and oxygen atoms in total. The first kappa shape index (κ1) is 16.0. The van der Waals surface area contributed by atoms with E-state index in [2.05, 4.69) is 5.32 Å². The highest BCUT2D eigenvalue weighted by atomic mass is 19.1. The minimum atomic E-state index is -0.529. The number of hydrogen-bond donors (Lipinski definition) is 1. The Hall–Kier alpha value is -1.91. The van der Waals surface area contributed by atoms with Crippen LogP contribution in [0.2, 0.25) is 0 Å². The molecule has 1 saturated carbocycles. The van der Waals surface area contributed by atoms with Gasteiger partial charge in [0.15, 0.2) is 0 Å². The van der Waals surface area contributed by atoms with Crippen LogP contribution < -0.4 is 5.32 Å². The molecule has 0 bridgehead atoms. The number of benzene rings is 1. The van der Waals surface area contributed by atoms with Gasteiger partial charge < -0.3 is 10.2 Å². The van der Waals surface area contributed by atoms with E-state index in [9.17, 15) is 14.0 Å². The lowest BCUT2D eigenvalue weighted by atomic mass is 9.83. The summed E-state index contributed by atoms with van der Waals surface area (Å²) in [5, 5.41) is 3.10. The number of likely N-dealkylation sites (tertiary alicyclic amines) is 1. The van der Waals surface area contributed by atoms with Crippen molar-refractivity contribution in [3.05, 3.63) is 35.6 Å². The maximum atomic E-state index is 14.2. The maximum Gasteiger partial charge on any atom is 0.225 e. The van der Waals surface area contributed by atoms with Crippen LogP contribution >= 0.6 is 0 Å². The van der Waals surface area contributed by atoms with Gasteiger partial charge in [-0.15, -0.1) is 0 Å². The fourth-order valence-electron chi connectivity index (χ4n) is 3.83. The Morgan fingerprint density at radius 1 is 1.22 bits per heavy atom. The summed E-state index contributed by atoms with van der Waals surface area (Å²) in [6, 6.07) is 6.12. The van der Waals surface area contributed by atoms with Crippen molar-refractivity contribution in [3.8, 4) is 0 Å². The van der Waals surface area contributed by atoms with Crippen LogP contribution in [-0.4, -0.2) is 29.8 Å². The highest BCUT2D eigenvalue weighted by Crippen LogP contribution is 2.37. The number of carbonyl (C=O) groups is 2. The van der Waals surface area contributed by atoms with Gasteiger partial charge in [-0.3, -0.25) is 9.59 Å². The lowest BCUT2D eigenvalue weighted by molar-refractivity contribution is -0.142. The monoisotopic (exact) mass is 318 g/mol. The lowest BCUT2D eigenvalue weighted by Gasteiger charge is -2.39. The van der Waals surface area contributed by atoms with Crippen molar-refractivity contribution in [2.24, 2.45) is 5.92 Å². The summed E-state index contributed by atoms with van der Waals surface area (Å²) in [6.45, 7) is 0. The lowest BCUT2D eigenvalue weighted by Crippen LogP contribution is -2.48. The van der Waals surface area contributed by atoms with Gasteiger partial charge in [-0.05, 0) is 25.3 Å². The Morgan fingerprint density at radius 2 is 1.91 bits per heavy atom. The van der Waals surface area contributed by atoms with Gasteiger partial charge in [-0.1, -0.05) is 31.0 Å². The first-order valence-electron chi connectivity index (χ1n) is 8.38. The summed E-state index contributed by atoms with van der Waals surface area (Å²) >= 11 is 0. The Morgan fingerprint density at radius 3 is 2.61 bits per heavy atom. The third-order valence-corrected chi connectivity index (χ3v) is 5.12. The molecule has 0 radical (unpaired) electrons. The number of carbonyl (C=O) groups excluding carboxylic acids is 2. The maximum absolute atomic E-state index is 14.2. The summed E-state index contributed by atoms with van der Waals surface area (Å²) in [5.74, 6) is -0.847. The summed E-state index contributed by atoms with van der Waals surface area (Å²) in [6.07, 6.45) is 5.12. The van der Waals surface area contributed by atoms with Gasteiger partial charge in [0, 0.05) is 25.1 Å². The molecular formula is C18H23FN2O2. The second-order valence-corrected chi connectivity index (χ2v) is 6.61. The van der Waals surface area contributed by atoms with Crippen LogP contribution in [0.15, 0.2) is 24.3 Å². The fourth-order valence-corrected chi connectivity index (χ4v) is 3.83. The predicted octanol–water partition coefficient (Wildman–Crippen LogP) is 2.79. The molecule has 124 valence electrons. The van der Waals surface area contributed by atoms with E-state index >= 15 is 0 Å². The second-order valence-electron chi connectivity index (χ2n) is 6.61. The molecule has 23 heavy (non-hydrogen) atoms. The topological polar surface area (TPSA) is 49.4 Å². The standard InChI is InChI=1S/C18H23FN2O2/c1-21-16(22)11-10-14(18(23)20-12-6-2-3-7-12)17(21)13-8-4-5-9-15(13)19/h4-5,8-9,12,14,17H,2-3,6-7,10-11H2,1H3,(H,20,23)/t14-,17-/m0/s1. The Bertz CT molecular complexity index is 598. The molecule has 1 heterocycles. The SMILES string of the molecule is CN1C(=O)CC[C@H](C(=O)NC2CCCC2)[C@@H]1c1ccccc1F. The van der Waals surface area contributed by atoms with Gasteiger partial charge in [0.05, 0.1) is 12.0 Å². The average Bonchev–Trinajstić information content (AvgIpc) is 3.03. The molecule has 2 amide bonds. The van der Waals surface area contributed by atoms with Gasteiger partial charge in [0.25, 0.3) is 0 Å². The van der Waals surface area contributed by atoms with Crippen LogP contribution in [0.1, 0.15) is 50.1 Å². The minimum absolute atomic E-state index is 0.0387. The van der Waals surface area contributed by atoms with E-state index in [1.807, 2.05) is 0 Å². The molecule has 1 aromatic carbocycles. The van der Waals surface area contributed by atoms with Gasteiger partial charge in [0.2, 0.25) is 11.8 Å². The summed E-state index contributed by atoms with van der Waals surface area (Å²) in [7, 11) is 1.66. The Labute approximate surface area is 136 Å². The number of amides is 2. The molecule has 1 saturated heterocycles. The molecular weight excluding hydrogens is 295 g/mol. The number of rotatable bonds is 3. The molecule has 2 aliphatic rings. The number of nitrogens with zero attached hydrogens (tertiary/aromatic N) is 1. The van der Waals surface area contributed by atoms with E-state index in [-0.39, 0.29) is 23.7 Å². The number of hydrogen-bond acceptors (Lipinski definition) is 2. The van der Waals surface area contributed by atoms with E-state index in [0.29, 0.717) is 18.4 Å². The van der Waals surface area contributed by atoms with Gasteiger partial charge in [0.1, 0.15) is 5.82 Å². The Kier molecular flexibility index (Phi) is 4.64. The van der Waals surface area contributed by atoms with E-state index in [1.165, 1.54) is 11.0 Å². The highest BCUT2D eigenvalue weighted by Gasteiger charge is 2.40. The van der Waals surface area contributed by atoms with Crippen LogP contribution in [-0.2, 0) is 9.59 Å². The number of nitrogens with one attached hydrogen (secondary N) is 1. The smallest absolute Gasteiger partial charge is 0.225 e. The second kappa shape index (κ2) is 6.69. The molecule has 0 unspecified atom stereocenters. The normalized spacial score (nSPS) is 25.7. The van der Waals surface area contributed by atoms with Crippen molar-refractivity contribution in [1.82, 2.24) is 10.2 Å². The molecule has 3 rings (SSSR count). The van der Waals surface area contributed by atoms with Crippen LogP contribution in [0.4, 0.5) is 4.39 Å². The minimum Gasteiger partial charge on any atom is -0.353 e. The Balaban J connectivity index is 1.85. The molecule has 1 aliphatic heterocycles. The first-order valence-corrected chi connectivity index (χ1v) is 8.38. The molecule has 5 heteroatoms. The number of halogens is 1. The molecule has 2 atom stereocenters. The molecule has 1 aliphatic carbocycles. The summed E-state index contributed by atoms with van der Waals surface area (Å²) in [5.41, 5.74) is 0.426. The van der Waals surface area contributed by atoms with Crippen molar-refractivity contribution in [2.75, 3.05) is 7.05 Å². The van der Waals surface area contributed by atoms with Gasteiger partial charge >= 0.3 is 0 Å². The van der Waals surface area contributed by atoms with Gasteiger partial charge in [-0.25, -0.2) is 4.39 Å². The van der Waals surface area contributed by atoms with Crippen molar-refractivity contribution in [1.29, 1.82) is 0 Å². The fraction of sp³-hybridized carbons (Fsp3) is 0.556. The van der Waals surface area contributed by atoms with E-state index in [4.69, 9.17) is 0 Å². The van der Waals surface area contributed by atoms with E-state index in [0.717, 1.165) is 25.7 Å². The van der Waals surface area contributed by atoms with Crippen molar-refractivity contribution < 1.29 is 14.0 Å². The average molecular weight is 318 g/mol. The van der Waals surface area contributed by atoms with Crippen molar-refractivity contribution in [3.63, 3.8) is 0 Å². The molecule has 0 spiro atoms. The zero-order valence-corrected chi connectivity index (χ0v) is 13.4. The zero-order valence-electron chi connectivity index (χ0n) is 13.4. The first-order chi connectivity index (χ1) is 11.1. The van der Waals surface area contributed by atoms with E-state index in [1.54, 1.807) is 25.2 Å². The third-order valence-electron chi connectivity index (χ3n) is 5.12. The van der Waals surface area contributed by atoms with Crippen molar-refractivity contribution >= 4 is 11.8 Å². The van der Waals surface area contributed by atoms with Crippen LogP contribution in [0.25, 0.3) is 0 Å². The summed E-state index contributed by atoms with van der Waals surface area (Å²) < 4.78 is 14.2. The molecule has 0 aromatic heterocycles. The molecule has 2 fully saturated rings. The summed E-state index contributed by atoms with van der Waals surface area (Å²) in [4.78, 5) is 26.3. The largest absolute Gasteiger partial charge is 0.353 e.